The predicted octanol–water partition coefficient (Wildman–Crippen LogP) is 13.6. The molecule has 3 aromatic heterocycles. The van der Waals surface area contributed by atoms with Crippen molar-refractivity contribution in [2.75, 3.05) is 85.7 Å². The van der Waals surface area contributed by atoms with Gasteiger partial charge >= 0.3 is 0 Å². The molecule has 3 heterocycles. The van der Waals surface area contributed by atoms with Crippen LogP contribution >= 0.6 is 34.8 Å². The van der Waals surface area contributed by atoms with Gasteiger partial charge in [0.1, 0.15) is 65.4 Å². The quantitative estimate of drug-likeness (QED) is 0.0610. The van der Waals surface area contributed by atoms with Gasteiger partial charge in [-0.05, 0) is 113 Å². The van der Waals surface area contributed by atoms with Crippen LogP contribution in [0.2, 0.25) is 15.1 Å². The normalized spacial score (nSPS) is 11.0. The lowest BCUT2D eigenvalue weighted by Crippen LogP contribution is -2.11. The van der Waals surface area contributed by atoms with Crippen LogP contribution < -0.4 is 34.9 Å². The Morgan fingerprint density at radius 2 is 0.774 bits per heavy atom. The molecule has 17 nitrogen and oxygen atoms in total. The number of aromatic nitrogens is 6. The summed E-state index contributed by atoms with van der Waals surface area (Å²) in [6.45, 7) is 1.37. The van der Waals surface area contributed by atoms with E-state index in [2.05, 4.69) is 45.9 Å². The maximum absolute atomic E-state index is 13.4. The molecule has 0 spiro atoms. The second-order valence-corrected chi connectivity index (χ2v) is 19.9. The third kappa shape index (κ3) is 17.4. The van der Waals surface area contributed by atoms with E-state index in [0.717, 1.165) is 16.5 Å². The van der Waals surface area contributed by atoms with Crippen LogP contribution in [0, 0.1) is 17.5 Å². The van der Waals surface area contributed by atoms with Crippen LogP contribution in [0.3, 0.4) is 0 Å². The summed E-state index contributed by atoms with van der Waals surface area (Å²) in [6.07, 6.45) is 11.4. The number of rotatable bonds is 20. The van der Waals surface area contributed by atoms with E-state index in [1.807, 2.05) is 62.3 Å². The van der Waals surface area contributed by atoms with E-state index in [9.17, 15) is 22.8 Å². The van der Waals surface area contributed by atoms with Crippen molar-refractivity contribution >= 4 is 114 Å². The Balaban J connectivity index is 0.000000203. The zero-order valence-corrected chi connectivity index (χ0v) is 48.6. The molecule has 9 rings (SSSR count). The molecule has 23 heteroatoms. The number of ketones is 2. The summed E-state index contributed by atoms with van der Waals surface area (Å²) < 4.78 is 61.6. The van der Waals surface area contributed by atoms with Crippen molar-refractivity contribution in [2.24, 2.45) is 0 Å². The maximum Gasteiger partial charge on any atom is 0.162 e. The Kier molecular flexibility index (Phi) is 23.5. The molecule has 0 unspecified atom stereocenters. The Bertz CT molecular complexity index is 3680. The first-order valence-electron chi connectivity index (χ1n) is 25.2. The maximum atomic E-state index is 13.4. The van der Waals surface area contributed by atoms with E-state index in [1.54, 1.807) is 83.1 Å². The van der Waals surface area contributed by atoms with Gasteiger partial charge in [0.25, 0.3) is 0 Å². The number of hydrogen-bond acceptors (Lipinski definition) is 17. The molecule has 0 atom stereocenters. The SMILES string of the molecule is C.COc1cc2ncnc(Nc3ccc(F)c(Cl)c3)c2cc1CC(=O)/C=C/CN(C)C.COc1cc2ncnc(Nc3ccc(F)c(Cl)c3)c2cc1CC(=O)/C=C/CN(C)C.COc1cc2ncnc(Nc3ccc(F)c(Cl)c3)c2cc1OC. The molecular weight excluding hydrogens is 1150 g/mol. The number of nitrogens with one attached hydrogen (secondary N) is 3. The average molecular weight is 1210 g/mol. The zero-order chi connectivity index (χ0) is 59.7. The highest BCUT2D eigenvalue weighted by molar-refractivity contribution is 6.31. The molecule has 438 valence electrons. The number of hydrogen-bond donors (Lipinski definition) is 3. The Morgan fingerprint density at radius 1 is 0.464 bits per heavy atom. The molecule has 0 fully saturated rings. The molecule has 0 aliphatic heterocycles. The number of nitrogens with zero attached hydrogens (tertiary/aromatic N) is 8. The zero-order valence-electron chi connectivity index (χ0n) is 46.3. The van der Waals surface area contributed by atoms with Crippen LogP contribution in [-0.2, 0) is 22.4 Å². The minimum atomic E-state index is -0.498. The van der Waals surface area contributed by atoms with Gasteiger partial charge in [-0.15, -0.1) is 0 Å². The summed E-state index contributed by atoms with van der Waals surface area (Å²) in [5, 5.41) is 11.6. The fourth-order valence-corrected chi connectivity index (χ4v) is 8.55. The Hall–Kier alpha value is -8.66. The molecule has 0 saturated heterocycles. The van der Waals surface area contributed by atoms with Gasteiger partial charge in [0.15, 0.2) is 23.1 Å². The first-order chi connectivity index (χ1) is 39.9. The van der Waals surface area contributed by atoms with Crippen molar-refractivity contribution in [1.82, 2.24) is 39.7 Å². The highest BCUT2D eigenvalue weighted by atomic mass is 35.5. The van der Waals surface area contributed by atoms with E-state index in [-0.39, 0.29) is 46.9 Å². The monoisotopic (exact) mass is 1210 g/mol. The van der Waals surface area contributed by atoms with Crippen LogP contribution in [0.1, 0.15) is 18.6 Å². The van der Waals surface area contributed by atoms with Crippen LogP contribution in [0.5, 0.6) is 23.0 Å². The molecule has 0 saturated carbocycles. The van der Waals surface area contributed by atoms with Gasteiger partial charge in [0.2, 0.25) is 0 Å². The fraction of sp³-hybridized carbons (Fsp3) is 0.213. The second kappa shape index (κ2) is 30.6. The number of carbonyl (C=O) groups is 2. The number of anilines is 6. The topological polar surface area (TPSA) is 191 Å². The summed E-state index contributed by atoms with van der Waals surface area (Å²) in [6, 6.07) is 23.8. The third-order valence-electron chi connectivity index (χ3n) is 12.0. The van der Waals surface area contributed by atoms with E-state index in [0.29, 0.717) is 97.9 Å². The van der Waals surface area contributed by atoms with E-state index >= 15 is 0 Å². The molecule has 6 aromatic carbocycles. The fourth-order valence-electron chi connectivity index (χ4n) is 8.01. The molecular formula is C61H61Cl3F3N11O6. The highest BCUT2D eigenvalue weighted by Gasteiger charge is 2.17. The van der Waals surface area contributed by atoms with Crippen LogP contribution in [0.15, 0.2) is 134 Å². The number of ether oxygens (including phenoxy) is 4. The first kappa shape index (κ1) is 64.5. The van der Waals surface area contributed by atoms with Gasteiger partial charge in [-0.25, -0.2) is 43.1 Å². The number of likely N-dealkylation sites (N-methyl/N-ethyl adjacent to an activating group) is 2. The van der Waals surface area contributed by atoms with Crippen molar-refractivity contribution < 1.29 is 41.7 Å². The molecule has 0 bridgehead atoms. The molecule has 3 N–H and O–H groups in total. The smallest absolute Gasteiger partial charge is 0.162 e. The van der Waals surface area contributed by atoms with Crippen molar-refractivity contribution in [3.63, 3.8) is 0 Å². The van der Waals surface area contributed by atoms with E-state index < -0.39 is 17.5 Å². The lowest BCUT2D eigenvalue weighted by Gasteiger charge is -2.13. The summed E-state index contributed by atoms with van der Waals surface area (Å²) in [4.78, 5) is 54.3. The minimum absolute atomic E-state index is 0. The molecule has 0 amide bonds. The Labute approximate surface area is 499 Å². The average Bonchev–Trinajstić information content (AvgIpc) is 2.37. The number of methoxy groups -OCH3 is 4. The van der Waals surface area contributed by atoms with Crippen molar-refractivity contribution in [2.45, 2.75) is 20.3 Å². The Morgan fingerprint density at radius 3 is 1.08 bits per heavy atom. The summed E-state index contributed by atoms with van der Waals surface area (Å²) >= 11 is 17.5. The van der Waals surface area contributed by atoms with Crippen LogP contribution in [-0.4, -0.2) is 121 Å². The number of fused-ring (bicyclic) bond motifs is 3. The van der Waals surface area contributed by atoms with Gasteiger partial charge < -0.3 is 44.7 Å². The number of carbonyl (C=O) groups excluding carboxylic acids is 2. The summed E-state index contributed by atoms with van der Waals surface area (Å²) in [5.74, 6) is 2.34. The summed E-state index contributed by atoms with van der Waals surface area (Å²) in [5.41, 5.74) is 5.22. The van der Waals surface area contributed by atoms with Crippen molar-refractivity contribution in [3.05, 3.63) is 178 Å². The van der Waals surface area contributed by atoms with Crippen LogP contribution in [0.25, 0.3) is 32.7 Å². The van der Waals surface area contributed by atoms with Gasteiger partial charge in [0.05, 0.1) is 60.1 Å². The van der Waals surface area contributed by atoms with Gasteiger partial charge in [-0.1, -0.05) is 54.4 Å². The van der Waals surface area contributed by atoms with Gasteiger partial charge in [-0.2, -0.15) is 0 Å². The highest BCUT2D eigenvalue weighted by Crippen LogP contribution is 2.36. The third-order valence-corrected chi connectivity index (χ3v) is 12.9. The molecule has 9 aromatic rings. The van der Waals surface area contributed by atoms with Gasteiger partial charge in [0, 0.05) is 88.5 Å². The summed E-state index contributed by atoms with van der Waals surface area (Å²) in [7, 11) is 14.0. The molecule has 0 aliphatic rings. The number of allylic oxidation sites excluding steroid dienone is 2. The molecule has 0 aliphatic carbocycles. The van der Waals surface area contributed by atoms with Crippen LogP contribution in [0.4, 0.5) is 47.7 Å². The van der Waals surface area contributed by atoms with Gasteiger partial charge in [-0.3, -0.25) is 9.59 Å². The lowest BCUT2D eigenvalue weighted by atomic mass is 10.0. The van der Waals surface area contributed by atoms with Crippen molar-refractivity contribution in [3.8, 4) is 23.0 Å². The largest absolute Gasteiger partial charge is 0.496 e. The predicted molar refractivity (Wildman–Crippen MR) is 328 cm³/mol. The van der Waals surface area contributed by atoms with E-state index in [4.69, 9.17) is 53.8 Å². The number of halogens is 6. The lowest BCUT2D eigenvalue weighted by molar-refractivity contribution is -0.114. The van der Waals surface area contributed by atoms with Crippen molar-refractivity contribution in [1.29, 1.82) is 0 Å². The minimum Gasteiger partial charge on any atom is -0.496 e. The molecule has 84 heavy (non-hydrogen) atoms. The number of benzene rings is 6. The standard InChI is InChI=1S/2C22H22ClFN4O2.C16H13ClFN3O2.CH4/c2*1-28(2)8-4-5-16(29)9-14-10-17-20(12-21(14)30-3)25-13-26-22(17)27-15-6-7-19(24)18(23)11-15;1-22-14-6-10-13(7-15(14)23-2)19-8-20-16(10)21-9-3-4-12(18)11(17)5-9;/h2*4-7,10-13H,8-9H2,1-3H3,(H,25,26,27);3-8H,1-2H3,(H,19,20,21);1H4/b2*5-4+;;. The first-order valence-corrected chi connectivity index (χ1v) is 26.3. The molecule has 0 radical (unpaired) electrons. The van der Waals surface area contributed by atoms with E-state index in [1.165, 1.54) is 55.4 Å². The second-order valence-electron chi connectivity index (χ2n) is 18.6.